The molecule has 10 heteroatoms. The average Bonchev–Trinajstić information content (AvgIpc) is 3.23. The molecule has 3 heterocycles. The Bertz CT molecular complexity index is 938. The second-order valence-corrected chi connectivity index (χ2v) is 6.34. The van der Waals surface area contributed by atoms with Crippen LogP contribution in [0.1, 0.15) is 45.4 Å². The van der Waals surface area contributed by atoms with E-state index in [0.717, 1.165) is 5.32 Å². The lowest BCUT2D eigenvalue weighted by Crippen LogP contribution is -2.38. The molecular weight excluding hydrogens is 365 g/mol. The molecule has 0 aliphatic carbocycles. The first-order chi connectivity index (χ1) is 12.8. The summed E-state index contributed by atoms with van der Waals surface area (Å²) in [4.78, 5) is 30.7. The number of amides is 2. The van der Waals surface area contributed by atoms with Crippen molar-refractivity contribution < 1.29 is 27.5 Å². The minimum Gasteiger partial charge on any atom is -0.497 e. The van der Waals surface area contributed by atoms with E-state index < -0.39 is 18.2 Å². The smallest absolute Gasteiger partial charge is 0.484 e. The zero-order valence-corrected chi connectivity index (χ0v) is 14.2. The molecule has 142 valence electrons. The lowest BCUT2D eigenvalue weighted by atomic mass is 10.1. The highest BCUT2D eigenvalue weighted by molar-refractivity contribution is 6.00. The minimum absolute atomic E-state index is 0.253. The number of carbonyl (C=O) groups excluding carboxylic acids is 2. The van der Waals surface area contributed by atoms with Gasteiger partial charge in [0.2, 0.25) is 0 Å². The van der Waals surface area contributed by atoms with E-state index in [1.165, 1.54) is 18.0 Å². The summed E-state index contributed by atoms with van der Waals surface area (Å²) >= 11 is 0. The third-order valence-corrected chi connectivity index (χ3v) is 4.80. The van der Waals surface area contributed by atoms with Gasteiger partial charge in [-0.3, -0.25) is 19.5 Å². The topological polar surface area (TPSA) is 76.5 Å². The number of nitrogens with one attached hydrogen (secondary N) is 1. The molecule has 2 amide bonds. The van der Waals surface area contributed by atoms with Gasteiger partial charge in [0.15, 0.2) is 5.69 Å². The van der Waals surface area contributed by atoms with Gasteiger partial charge in [-0.05, 0) is 31.0 Å². The van der Waals surface area contributed by atoms with Crippen LogP contribution < -0.4 is 10.1 Å². The molecule has 2 aromatic rings. The Labute approximate surface area is 151 Å². The quantitative estimate of drug-likeness (QED) is 0.812. The number of benzene rings is 1. The summed E-state index contributed by atoms with van der Waals surface area (Å²) in [5, 5.41) is 0.987. The second-order valence-electron chi connectivity index (χ2n) is 6.34. The van der Waals surface area contributed by atoms with Gasteiger partial charge in [-0.2, -0.15) is 13.2 Å². The van der Waals surface area contributed by atoms with Crippen molar-refractivity contribution in [3.63, 3.8) is 0 Å². The van der Waals surface area contributed by atoms with Gasteiger partial charge in [0, 0.05) is 6.54 Å². The van der Waals surface area contributed by atoms with Crippen molar-refractivity contribution in [1.82, 2.24) is 19.8 Å². The Morgan fingerprint density at radius 2 is 2.15 bits per heavy atom. The van der Waals surface area contributed by atoms with Crippen LogP contribution in [0, 0.1) is 0 Å². The highest BCUT2D eigenvalue weighted by Crippen LogP contribution is 2.40. The van der Waals surface area contributed by atoms with Gasteiger partial charge in [-0.25, -0.2) is 4.98 Å². The van der Waals surface area contributed by atoms with Crippen molar-refractivity contribution >= 4 is 11.8 Å². The molecule has 0 unspecified atom stereocenters. The molecule has 4 rings (SSSR count). The van der Waals surface area contributed by atoms with Crippen LogP contribution in [0.4, 0.5) is 13.2 Å². The molecule has 1 atom stereocenters. The van der Waals surface area contributed by atoms with Gasteiger partial charge in [0.05, 0.1) is 30.1 Å². The Hall–Kier alpha value is -3.04. The minimum atomic E-state index is -4.87. The second kappa shape index (κ2) is 6.00. The summed E-state index contributed by atoms with van der Waals surface area (Å²) in [7, 11) is 1.48. The first kappa shape index (κ1) is 17.4. The maximum absolute atomic E-state index is 13.0. The molecule has 2 aliphatic rings. The van der Waals surface area contributed by atoms with Crippen molar-refractivity contribution in [3.05, 3.63) is 41.5 Å². The maximum atomic E-state index is 13.0. The molecule has 1 aromatic heterocycles. The van der Waals surface area contributed by atoms with Gasteiger partial charge < -0.3 is 9.64 Å². The number of imidazole rings is 1. The van der Waals surface area contributed by atoms with E-state index in [2.05, 4.69) is 4.98 Å². The van der Waals surface area contributed by atoms with Gasteiger partial charge in [-0.1, -0.05) is 0 Å². The Morgan fingerprint density at radius 1 is 1.37 bits per heavy atom. The van der Waals surface area contributed by atoms with Crippen LogP contribution >= 0.6 is 0 Å². The number of nitrogens with zero attached hydrogens (tertiary/aromatic N) is 3. The maximum Gasteiger partial charge on any atom is 0.484 e. The summed E-state index contributed by atoms with van der Waals surface area (Å²) in [5.74, 6) is -1.11. The lowest BCUT2D eigenvalue weighted by Gasteiger charge is -2.23. The van der Waals surface area contributed by atoms with E-state index in [1.54, 1.807) is 23.1 Å². The number of carbonyl (C=O) groups is 2. The van der Waals surface area contributed by atoms with Crippen LogP contribution in [-0.2, 0) is 0 Å². The number of ether oxygens (including phenoxy) is 1. The molecule has 7 nitrogen and oxygen atoms in total. The molecule has 0 bridgehead atoms. The number of methoxy groups -OCH3 is 1. The largest absolute Gasteiger partial charge is 0.497 e. The van der Waals surface area contributed by atoms with E-state index in [4.69, 9.17) is 4.74 Å². The number of hydrogen-bond donors (Lipinski definition) is 1. The normalized spacial score (nSPS) is 18.4. The zero-order chi connectivity index (χ0) is 19.3. The highest BCUT2D eigenvalue weighted by Gasteiger charge is 2.41. The summed E-state index contributed by atoms with van der Waals surface area (Å²) in [6.45, 7) is 0.450. The fourth-order valence-electron chi connectivity index (χ4n) is 3.70. The number of alkyl halides is 3. The predicted molar refractivity (Wildman–Crippen MR) is 86.6 cm³/mol. The molecule has 0 saturated carbocycles. The Kier molecular flexibility index (Phi) is 3.86. The molecule has 1 aromatic carbocycles. The molecule has 1 fully saturated rings. The van der Waals surface area contributed by atoms with Gasteiger partial charge in [0.25, 0.3) is 11.8 Å². The van der Waals surface area contributed by atoms with Crippen LogP contribution in [0.3, 0.4) is 0 Å². The summed E-state index contributed by atoms with van der Waals surface area (Å²) in [5.41, 5.74) is 0.746. The van der Waals surface area contributed by atoms with Gasteiger partial charge >= 0.3 is 6.30 Å². The molecule has 1 saturated heterocycles. The molecular formula is C17H15F3N4O3. The third kappa shape index (κ3) is 2.81. The SMILES string of the molecule is COc1ccc2c(c1)C(=O)N1CCC[C@H]1c1c(C(=O)NC(F)(F)F)ncn1-2. The van der Waals surface area contributed by atoms with Crippen molar-refractivity contribution in [2.45, 2.75) is 25.2 Å². The average molecular weight is 380 g/mol. The van der Waals surface area contributed by atoms with E-state index in [-0.39, 0.29) is 17.3 Å². The highest BCUT2D eigenvalue weighted by atomic mass is 19.4. The van der Waals surface area contributed by atoms with Crippen LogP contribution in [0.5, 0.6) is 5.75 Å². The van der Waals surface area contributed by atoms with E-state index in [0.29, 0.717) is 36.4 Å². The van der Waals surface area contributed by atoms with Crippen molar-refractivity contribution in [2.24, 2.45) is 0 Å². The molecule has 27 heavy (non-hydrogen) atoms. The molecule has 0 radical (unpaired) electrons. The zero-order valence-electron chi connectivity index (χ0n) is 14.2. The van der Waals surface area contributed by atoms with Crippen LogP contribution in [0.15, 0.2) is 24.5 Å². The molecule has 0 spiro atoms. The predicted octanol–water partition coefficient (Wildman–Crippen LogP) is 2.42. The Morgan fingerprint density at radius 3 is 2.85 bits per heavy atom. The number of hydrogen-bond acceptors (Lipinski definition) is 4. The van der Waals surface area contributed by atoms with Crippen LogP contribution in [-0.4, -0.2) is 46.2 Å². The molecule has 2 aliphatic heterocycles. The van der Waals surface area contributed by atoms with E-state index >= 15 is 0 Å². The lowest BCUT2D eigenvalue weighted by molar-refractivity contribution is -0.146. The van der Waals surface area contributed by atoms with E-state index in [9.17, 15) is 22.8 Å². The summed E-state index contributed by atoms with van der Waals surface area (Å²) in [6, 6.07) is 4.33. The Balaban J connectivity index is 1.90. The first-order valence-electron chi connectivity index (χ1n) is 8.26. The number of aromatic nitrogens is 2. The van der Waals surface area contributed by atoms with Gasteiger partial charge in [0.1, 0.15) is 12.1 Å². The standard InChI is InChI=1S/C17H15F3N4O3/c1-27-9-4-5-11-10(7-9)16(26)23-6-2-3-12(23)14-13(21-8-24(11)14)15(25)22-17(18,19)20/h4-5,7-8,12H,2-3,6H2,1H3,(H,22,25)/t12-/m0/s1. The monoisotopic (exact) mass is 380 g/mol. The third-order valence-electron chi connectivity index (χ3n) is 4.80. The van der Waals surface area contributed by atoms with Crippen molar-refractivity contribution in [2.75, 3.05) is 13.7 Å². The number of fused-ring (bicyclic) bond motifs is 5. The number of rotatable bonds is 2. The summed E-state index contributed by atoms with van der Waals surface area (Å²) < 4.78 is 44.6. The van der Waals surface area contributed by atoms with Gasteiger partial charge in [-0.15, -0.1) is 0 Å². The molecule has 1 N–H and O–H groups in total. The van der Waals surface area contributed by atoms with E-state index in [1.807, 2.05) is 0 Å². The van der Waals surface area contributed by atoms with Crippen molar-refractivity contribution in [1.29, 1.82) is 0 Å². The fraction of sp³-hybridized carbons (Fsp3) is 0.353. The van der Waals surface area contributed by atoms with Crippen LogP contribution in [0.25, 0.3) is 5.69 Å². The number of halogens is 3. The fourth-order valence-corrected chi connectivity index (χ4v) is 3.70. The van der Waals surface area contributed by atoms with Crippen molar-refractivity contribution in [3.8, 4) is 11.4 Å². The summed E-state index contributed by atoms with van der Waals surface area (Å²) in [6.07, 6.45) is -2.37. The first-order valence-corrected chi connectivity index (χ1v) is 8.26. The van der Waals surface area contributed by atoms with Crippen LogP contribution in [0.2, 0.25) is 0 Å².